The summed E-state index contributed by atoms with van der Waals surface area (Å²) in [5.74, 6) is 0. The van der Waals surface area contributed by atoms with Gasteiger partial charge in [-0.3, -0.25) is 10.1 Å². The van der Waals surface area contributed by atoms with Gasteiger partial charge in [0.05, 0.1) is 4.92 Å². The first-order valence-corrected chi connectivity index (χ1v) is 6.43. The molecule has 0 aliphatic heterocycles. The smallest absolute Gasteiger partial charge is 0.345 e. The number of hydrogen-bond acceptors (Lipinski definition) is 5. The molecular formula is C12H13N3O2S. The van der Waals surface area contributed by atoms with Gasteiger partial charge in [-0.1, -0.05) is 31.2 Å². The number of benzene rings is 1. The zero-order valence-electron chi connectivity index (χ0n) is 9.92. The van der Waals surface area contributed by atoms with E-state index < -0.39 is 4.92 Å². The highest BCUT2D eigenvalue weighted by Gasteiger charge is 2.11. The fourth-order valence-electron chi connectivity index (χ4n) is 1.68. The van der Waals surface area contributed by atoms with Gasteiger partial charge >= 0.3 is 5.00 Å². The van der Waals surface area contributed by atoms with Crippen LogP contribution in [0.5, 0.6) is 0 Å². The molecule has 2 aromatic rings. The molecule has 6 heteroatoms. The molecule has 1 aromatic carbocycles. The van der Waals surface area contributed by atoms with Crippen LogP contribution in [0.3, 0.4) is 0 Å². The number of nitro groups is 1. The molecule has 0 atom stereocenters. The van der Waals surface area contributed by atoms with Crippen LogP contribution >= 0.6 is 11.3 Å². The van der Waals surface area contributed by atoms with Crippen molar-refractivity contribution in [1.29, 1.82) is 0 Å². The van der Waals surface area contributed by atoms with Gasteiger partial charge in [0.2, 0.25) is 0 Å². The number of thiazole rings is 1. The molecule has 2 rings (SSSR count). The van der Waals surface area contributed by atoms with E-state index >= 15 is 0 Å². The maximum atomic E-state index is 10.5. The maximum absolute atomic E-state index is 10.5. The molecule has 0 saturated heterocycles. The second-order valence-electron chi connectivity index (χ2n) is 3.74. The van der Waals surface area contributed by atoms with Crippen LogP contribution in [0.25, 0.3) is 0 Å². The topological polar surface area (TPSA) is 68.1 Å². The van der Waals surface area contributed by atoms with Gasteiger partial charge in [-0.2, -0.15) is 0 Å². The number of aryl methyl sites for hydroxylation is 1. The third-order valence-electron chi connectivity index (χ3n) is 2.60. The van der Waals surface area contributed by atoms with E-state index in [1.165, 1.54) is 17.3 Å². The fraction of sp³-hybridized carbons (Fsp3) is 0.250. The zero-order valence-corrected chi connectivity index (χ0v) is 10.7. The molecule has 0 aliphatic carbocycles. The van der Waals surface area contributed by atoms with Crippen molar-refractivity contribution < 1.29 is 4.92 Å². The molecule has 0 bridgehead atoms. The molecule has 0 amide bonds. The molecule has 0 spiro atoms. The Morgan fingerprint density at radius 1 is 1.39 bits per heavy atom. The summed E-state index contributed by atoms with van der Waals surface area (Å²) in [7, 11) is 0. The second kappa shape index (κ2) is 5.59. The highest BCUT2D eigenvalue weighted by atomic mass is 32.1. The summed E-state index contributed by atoms with van der Waals surface area (Å²) in [5, 5.41) is 14.3. The second-order valence-corrected chi connectivity index (χ2v) is 4.75. The van der Waals surface area contributed by atoms with Gasteiger partial charge in [-0.25, -0.2) is 4.98 Å². The molecule has 1 aromatic heterocycles. The van der Waals surface area contributed by atoms with Crippen molar-refractivity contribution in [3.8, 4) is 0 Å². The normalized spacial score (nSPS) is 10.3. The fourth-order valence-corrected chi connectivity index (χ4v) is 2.31. The monoisotopic (exact) mass is 263 g/mol. The molecular weight excluding hydrogens is 250 g/mol. The lowest BCUT2D eigenvalue weighted by Crippen LogP contribution is -2.01. The summed E-state index contributed by atoms with van der Waals surface area (Å²) in [6.45, 7) is 2.74. The SMILES string of the molecule is CCc1ccccc1CNc1ncc([N+](=O)[O-])s1. The van der Waals surface area contributed by atoms with Gasteiger partial charge in [0.25, 0.3) is 0 Å². The van der Waals surface area contributed by atoms with Crippen molar-refractivity contribution in [3.05, 3.63) is 51.7 Å². The lowest BCUT2D eigenvalue weighted by molar-refractivity contribution is -0.380. The van der Waals surface area contributed by atoms with Gasteiger partial charge in [0.15, 0.2) is 5.13 Å². The minimum atomic E-state index is -0.428. The predicted molar refractivity (Wildman–Crippen MR) is 71.9 cm³/mol. The molecule has 0 saturated carbocycles. The third kappa shape index (κ3) is 2.84. The minimum absolute atomic E-state index is 0.0567. The Morgan fingerprint density at radius 3 is 2.72 bits per heavy atom. The van der Waals surface area contributed by atoms with E-state index in [1.54, 1.807) is 0 Å². The number of rotatable bonds is 5. The van der Waals surface area contributed by atoms with Crippen LogP contribution in [-0.2, 0) is 13.0 Å². The van der Waals surface area contributed by atoms with Gasteiger partial charge in [0.1, 0.15) is 6.20 Å². The maximum Gasteiger partial charge on any atom is 0.345 e. The summed E-state index contributed by atoms with van der Waals surface area (Å²) in [6, 6.07) is 8.13. The van der Waals surface area contributed by atoms with Crippen molar-refractivity contribution in [2.24, 2.45) is 0 Å². The van der Waals surface area contributed by atoms with Gasteiger partial charge in [0, 0.05) is 6.54 Å². The Hall–Kier alpha value is -1.95. The first kappa shape index (κ1) is 12.5. The summed E-state index contributed by atoms with van der Waals surface area (Å²) in [4.78, 5) is 14.1. The molecule has 5 nitrogen and oxygen atoms in total. The Balaban J connectivity index is 2.04. The highest BCUT2D eigenvalue weighted by Crippen LogP contribution is 2.25. The van der Waals surface area contributed by atoms with Crippen LogP contribution < -0.4 is 5.32 Å². The van der Waals surface area contributed by atoms with Crippen molar-refractivity contribution in [1.82, 2.24) is 4.98 Å². The van der Waals surface area contributed by atoms with Gasteiger partial charge < -0.3 is 5.32 Å². The van der Waals surface area contributed by atoms with E-state index in [0.717, 1.165) is 17.8 Å². The number of nitrogens with one attached hydrogen (secondary N) is 1. The average Bonchev–Trinajstić information content (AvgIpc) is 2.85. The Morgan fingerprint density at radius 2 is 2.11 bits per heavy atom. The van der Waals surface area contributed by atoms with E-state index in [0.29, 0.717) is 11.7 Å². The molecule has 0 aliphatic rings. The summed E-state index contributed by atoms with van der Waals surface area (Å²) >= 11 is 1.05. The van der Waals surface area contributed by atoms with Gasteiger partial charge in [-0.05, 0) is 28.9 Å². The lowest BCUT2D eigenvalue weighted by atomic mass is 10.1. The predicted octanol–water partition coefficient (Wildman–Crippen LogP) is 3.23. The number of aromatic nitrogens is 1. The first-order chi connectivity index (χ1) is 8.70. The third-order valence-corrected chi connectivity index (χ3v) is 3.51. The van der Waals surface area contributed by atoms with Crippen LogP contribution in [0.1, 0.15) is 18.1 Å². The van der Waals surface area contributed by atoms with Crippen molar-refractivity contribution >= 4 is 21.5 Å². The van der Waals surface area contributed by atoms with E-state index in [-0.39, 0.29) is 5.00 Å². The van der Waals surface area contributed by atoms with Crippen LogP contribution in [0, 0.1) is 10.1 Å². The summed E-state index contributed by atoms with van der Waals surface area (Å²) in [6.07, 6.45) is 2.24. The molecule has 1 heterocycles. The Bertz CT molecular complexity index is 554. The molecule has 0 radical (unpaired) electrons. The van der Waals surface area contributed by atoms with Crippen molar-refractivity contribution in [2.75, 3.05) is 5.32 Å². The van der Waals surface area contributed by atoms with Crippen molar-refractivity contribution in [3.63, 3.8) is 0 Å². The van der Waals surface area contributed by atoms with E-state index in [4.69, 9.17) is 0 Å². The molecule has 1 N–H and O–H groups in total. The van der Waals surface area contributed by atoms with E-state index in [1.807, 2.05) is 18.2 Å². The minimum Gasteiger partial charge on any atom is -0.357 e. The first-order valence-electron chi connectivity index (χ1n) is 5.61. The standard InChI is InChI=1S/C12H13N3O2S/c1-2-9-5-3-4-6-10(9)7-13-12-14-8-11(18-12)15(16)17/h3-6,8H,2,7H2,1H3,(H,13,14). The van der Waals surface area contributed by atoms with Gasteiger partial charge in [-0.15, -0.1) is 0 Å². The highest BCUT2D eigenvalue weighted by molar-refractivity contribution is 7.18. The van der Waals surface area contributed by atoms with Crippen LogP contribution in [-0.4, -0.2) is 9.91 Å². The number of hydrogen-bond donors (Lipinski definition) is 1. The summed E-state index contributed by atoms with van der Waals surface area (Å²) in [5.41, 5.74) is 2.47. The summed E-state index contributed by atoms with van der Waals surface area (Å²) < 4.78 is 0. The Labute approximate surface area is 109 Å². The molecule has 0 fully saturated rings. The Kier molecular flexibility index (Phi) is 3.88. The quantitative estimate of drug-likeness (QED) is 0.664. The molecule has 94 valence electrons. The number of anilines is 1. The lowest BCUT2D eigenvalue weighted by Gasteiger charge is -2.07. The average molecular weight is 263 g/mol. The van der Waals surface area contributed by atoms with E-state index in [2.05, 4.69) is 23.3 Å². The number of nitrogens with zero attached hydrogens (tertiary/aromatic N) is 2. The molecule has 0 unspecified atom stereocenters. The van der Waals surface area contributed by atoms with Crippen LogP contribution in [0.4, 0.5) is 10.1 Å². The van der Waals surface area contributed by atoms with Crippen molar-refractivity contribution in [2.45, 2.75) is 19.9 Å². The van der Waals surface area contributed by atoms with Crippen LogP contribution in [0.15, 0.2) is 30.5 Å². The largest absolute Gasteiger partial charge is 0.357 e. The zero-order chi connectivity index (χ0) is 13.0. The van der Waals surface area contributed by atoms with E-state index in [9.17, 15) is 10.1 Å². The van der Waals surface area contributed by atoms with Crippen LogP contribution in [0.2, 0.25) is 0 Å². The molecule has 18 heavy (non-hydrogen) atoms.